The number of sulfone groups is 1. The van der Waals surface area contributed by atoms with Crippen LogP contribution >= 0.6 is 22.9 Å². The van der Waals surface area contributed by atoms with Crippen LogP contribution in [-0.2, 0) is 9.84 Å². The molecule has 11 heteroatoms. The number of ether oxygens (including phenoxy) is 1. The van der Waals surface area contributed by atoms with Crippen molar-refractivity contribution in [3.63, 3.8) is 0 Å². The third-order valence-corrected chi connectivity index (χ3v) is 6.10. The lowest BCUT2D eigenvalue weighted by Crippen LogP contribution is -2.34. The lowest BCUT2D eigenvalue weighted by Gasteiger charge is -2.08. The number of hydrogen-bond acceptors (Lipinski definition) is 7. The van der Waals surface area contributed by atoms with Crippen LogP contribution < -0.4 is 15.4 Å². The number of nitrogens with one attached hydrogen (secondary N) is 2. The van der Waals surface area contributed by atoms with E-state index in [9.17, 15) is 18.0 Å². The highest BCUT2D eigenvalue weighted by atomic mass is 35.5. The van der Waals surface area contributed by atoms with Gasteiger partial charge in [0.15, 0.2) is 15.0 Å². The van der Waals surface area contributed by atoms with Gasteiger partial charge in [-0.05, 0) is 43.3 Å². The molecule has 8 nitrogen and oxygen atoms in total. The number of thiazole rings is 1. The van der Waals surface area contributed by atoms with Crippen molar-refractivity contribution in [3.8, 4) is 5.75 Å². The number of fused-ring (bicyclic) bond motifs is 1. The molecule has 0 atom stereocenters. The normalized spacial score (nSPS) is 11.3. The first-order valence-corrected chi connectivity index (χ1v) is 11.4. The number of benzene rings is 2. The summed E-state index contributed by atoms with van der Waals surface area (Å²) < 4.78 is 29.2. The van der Waals surface area contributed by atoms with Gasteiger partial charge in [-0.2, -0.15) is 0 Å². The Balaban J connectivity index is 1.74. The highest BCUT2D eigenvalue weighted by molar-refractivity contribution is 7.90. The minimum Gasteiger partial charge on any atom is -0.494 e. The Labute approximate surface area is 175 Å². The molecule has 152 valence electrons. The molecule has 0 radical (unpaired) electrons. The number of hydrogen-bond donors (Lipinski definition) is 2. The fourth-order valence-electron chi connectivity index (χ4n) is 2.42. The first-order chi connectivity index (χ1) is 13.7. The lowest BCUT2D eigenvalue weighted by atomic mass is 10.2. The van der Waals surface area contributed by atoms with E-state index in [4.69, 9.17) is 16.3 Å². The van der Waals surface area contributed by atoms with Gasteiger partial charge in [0.05, 0.1) is 32.3 Å². The summed E-state index contributed by atoms with van der Waals surface area (Å²) in [6.45, 7) is 2.22. The van der Waals surface area contributed by atoms with Gasteiger partial charge in [0.1, 0.15) is 5.75 Å². The number of rotatable bonds is 5. The number of carbonyl (C=O) groups is 2. The van der Waals surface area contributed by atoms with Crippen LogP contribution in [0.2, 0.25) is 5.02 Å². The van der Waals surface area contributed by atoms with Crippen molar-refractivity contribution in [2.75, 3.05) is 18.2 Å². The van der Waals surface area contributed by atoms with Crippen LogP contribution in [0, 0.1) is 0 Å². The van der Waals surface area contributed by atoms with Gasteiger partial charge in [0.2, 0.25) is 0 Å². The van der Waals surface area contributed by atoms with Gasteiger partial charge in [0.25, 0.3) is 5.91 Å². The lowest BCUT2D eigenvalue weighted by molar-refractivity contribution is 0.0967. The maximum absolute atomic E-state index is 12.4. The maximum atomic E-state index is 12.4. The molecule has 3 aromatic rings. The predicted molar refractivity (Wildman–Crippen MR) is 112 cm³/mol. The van der Waals surface area contributed by atoms with Gasteiger partial charge >= 0.3 is 6.03 Å². The minimum absolute atomic E-state index is 0.0925. The number of nitrogens with zero attached hydrogens (tertiary/aromatic N) is 1. The van der Waals surface area contributed by atoms with Crippen molar-refractivity contribution in [2.24, 2.45) is 0 Å². The molecule has 0 aliphatic heterocycles. The van der Waals surface area contributed by atoms with E-state index >= 15 is 0 Å². The zero-order chi connectivity index (χ0) is 21.2. The van der Waals surface area contributed by atoms with E-state index in [1.165, 1.54) is 24.3 Å². The number of amides is 3. The molecule has 3 rings (SSSR count). The molecule has 0 aliphatic carbocycles. The van der Waals surface area contributed by atoms with E-state index in [1.807, 2.05) is 0 Å². The summed E-state index contributed by atoms with van der Waals surface area (Å²) in [6, 6.07) is 8.25. The number of imide groups is 1. The Morgan fingerprint density at radius 1 is 1.21 bits per heavy atom. The standard InChI is InChI=1S/C18H16ClN3O5S2/c1-3-27-10-4-6-13(19)12(8-10)16(23)21-17(24)22-18-20-14-7-5-11(29(2,25)26)9-15(14)28-18/h4-9H,3H2,1-2H3,(H2,20,21,22,23,24). The quantitative estimate of drug-likeness (QED) is 0.608. The van der Waals surface area contributed by atoms with E-state index in [1.54, 1.807) is 19.1 Å². The molecule has 0 fully saturated rings. The molecule has 29 heavy (non-hydrogen) atoms. The first-order valence-electron chi connectivity index (χ1n) is 8.32. The molecule has 0 spiro atoms. The number of halogens is 1. The predicted octanol–water partition coefficient (Wildman–Crippen LogP) is 3.71. The van der Waals surface area contributed by atoms with Gasteiger partial charge in [-0.25, -0.2) is 18.2 Å². The summed E-state index contributed by atoms with van der Waals surface area (Å²) in [5.74, 6) is -0.246. The number of carbonyl (C=O) groups excluding carboxylic acids is 2. The molecule has 2 aromatic carbocycles. The SMILES string of the molecule is CCOc1ccc(Cl)c(C(=O)NC(=O)Nc2nc3ccc(S(C)(=O)=O)cc3s2)c1. The highest BCUT2D eigenvalue weighted by Crippen LogP contribution is 2.28. The number of anilines is 1. The van der Waals surface area contributed by atoms with Gasteiger partial charge in [-0.3, -0.25) is 15.4 Å². The van der Waals surface area contributed by atoms with E-state index in [-0.39, 0.29) is 20.6 Å². The zero-order valence-electron chi connectivity index (χ0n) is 15.4. The van der Waals surface area contributed by atoms with Crippen LogP contribution in [0.15, 0.2) is 41.3 Å². The van der Waals surface area contributed by atoms with Crippen LogP contribution in [0.1, 0.15) is 17.3 Å². The summed E-state index contributed by atoms with van der Waals surface area (Å²) >= 11 is 7.12. The summed E-state index contributed by atoms with van der Waals surface area (Å²) in [4.78, 5) is 28.9. The van der Waals surface area contributed by atoms with Crippen LogP contribution in [0.25, 0.3) is 10.2 Å². The van der Waals surface area contributed by atoms with Gasteiger partial charge < -0.3 is 4.74 Å². The van der Waals surface area contributed by atoms with Crippen LogP contribution in [-0.4, -0.2) is 38.2 Å². The van der Waals surface area contributed by atoms with Gasteiger partial charge in [-0.15, -0.1) is 0 Å². The van der Waals surface area contributed by atoms with Gasteiger partial charge in [-0.1, -0.05) is 22.9 Å². The van der Waals surface area contributed by atoms with E-state index in [0.29, 0.717) is 22.6 Å². The summed E-state index contributed by atoms with van der Waals surface area (Å²) in [5, 5.41) is 5.03. The molecule has 0 saturated carbocycles. The molecule has 0 unspecified atom stereocenters. The molecule has 1 heterocycles. The minimum atomic E-state index is -3.35. The molecular formula is C18H16ClN3O5S2. The second-order valence-electron chi connectivity index (χ2n) is 5.90. The summed E-state index contributed by atoms with van der Waals surface area (Å²) in [5.41, 5.74) is 0.617. The largest absolute Gasteiger partial charge is 0.494 e. The molecule has 0 bridgehead atoms. The molecular weight excluding hydrogens is 438 g/mol. The van der Waals surface area contributed by atoms with Gasteiger partial charge in [0, 0.05) is 6.26 Å². The Bertz CT molecular complexity index is 1210. The number of aromatic nitrogens is 1. The third-order valence-electron chi connectivity index (χ3n) is 3.73. The van der Waals surface area contributed by atoms with Crippen molar-refractivity contribution in [2.45, 2.75) is 11.8 Å². The van der Waals surface area contributed by atoms with E-state index in [2.05, 4.69) is 15.6 Å². The van der Waals surface area contributed by atoms with E-state index < -0.39 is 21.8 Å². The van der Waals surface area contributed by atoms with Crippen molar-refractivity contribution in [1.82, 2.24) is 10.3 Å². The maximum Gasteiger partial charge on any atom is 0.327 e. The third kappa shape index (κ3) is 5.03. The Kier molecular flexibility index (Phi) is 6.06. The second kappa shape index (κ2) is 8.36. The molecule has 2 N–H and O–H groups in total. The Morgan fingerprint density at radius 3 is 2.66 bits per heavy atom. The molecule has 0 aliphatic rings. The summed E-state index contributed by atoms with van der Waals surface area (Å²) in [7, 11) is -3.35. The van der Waals surface area contributed by atoms with Crippen molar-refractivity contribution in [3.05, 3.63) is 47.0 Å². The fraction of sp³-hybridized carbons (Fsp3) is 0.167. The van der Waals surface area contributed by atoms with Crippen molar-refractivity contribution < 1.29 is 22.7 Å². The summed E-state index contributed by atoms with van der Waals surface area (Å²) in [6.07, 6.45) is 1.11. The fourth-order valence-corrected chi connectivity index (χ4v) is 4.25. The van der Waals surface area contributed by atoms with Crippen molar-refractivity contribution >= 4 is 60.1 Å². The highest BCUT2D eigenvalue weighted by Gasteiger charge is 2.17. The first kappa shape index (κ1) is 21.0. The van der Waals surface area contributed by atoms with Crippen molar-refractivity contribution in [1.29, 1.82) is 0 Å². The van der Waals surface area contributed by atoms with Crippen LogP contribution in [0.3, 0.4) is 0 Å². The smallest absolute Gasteiger partial charge is 0.327 e. The second-order valence-corrected chi connectivity index (χ2v) is 9.36. The monoisotopic (exact) mass is 453 g/mol. The van der Waals surface area contributed by atoms with E-state index in [0.717, 1.165) is 17.6 Å². The number of urea groups is 1. The average Bonchev–Trinajstić information content (AvgIpc) is 3.03. The van der Waals surface area contributed by atoms with Crippen LogP contribution in [0.4, 0.5) is 9.93 Å². The zero-order valence-corrected chi connectivity index (χ0v) is 17.7. The Hall–Kier alpha value is -2.69. The topological polar surface area (TPSA) is 114 Å². The van der Waals surface area contributed by atoms with Crippen LogP contribution in [0.5, 0.6) is 5.75 Å². The molecule has 3 amide bonds. The molecule has 1 aromatic heterocycles. The average molecular weight is 454 g/mol. The Morgan fingerprint density at radius 2 is 1.97 bits per heavy atom. The molecule has 0 saturated heterocycles.